The van der Waals surface area contributed by atoms with Gasteiger partial charge in [0.25, 0.3) is 11.8 Å². The van der Waals surface area contributed by atoms with Gasteiger partial charge in [0.1, 0.15) is 23.7 Å². The Bertz CT molecular complexity index is 1290. The molecule has 0 saturated carbocycles. The molecule has 3 aromatic carbocycles. The van der Waals surface area contributed by atoms with Gasteiger partial charge >= 0.3 is 6.03 Å². The Balaban J connectivity index is 1.50. The Morgan fingerprint density at radius 2 is 1.59 bits per heavy atom. The highest BCUT2D eigenvalue weighted by molar-refractivity contribution is 6.39. The fourth-order valence-corrected chi connectivity index (χ4v) is 3.71. The molecule has 1 aliphatic rings. The van der Waals surface area contributed by atoms with Gasteiger partial charge in [-0.05, 0) is 60.2 Å². The molecule has 172 valence electrons. The van der Waals surface area contributed by atoms with Gasteiger partial charge in [0.2, 0.25) is 0 Å². The second-order valence-corrected chi connectivity index (χ2v) is 8.09. The van der Waals surface area contributed by atoms with Crippen molar-refractivity contribution in [2.75, 3.05) is 12.0 Å². The summed E-state index contributed by atoms with van der Waals surface area (Å²) in [5.74, 6) is -0.349. The number of halogens is 2. The van der Waals surface area contributed by atoms with Crippen molar-refractivity contribution in [3.63, 3.8) is 0 Å². The third-order valence-electron chi connectivity index (χ3n) is 5.03. The summed E-state index contributed by atoms with van der Waals surface area (Å²) in [4.78, 5) is 38.6. The van der Waals surface area contributed by atoms with Crippen LogP contribution >= 0.6 is 23.2 Å². The summed E-state index contributed by atoms with van der Waals surface area (Å²) in [5.41, 5.74) is 1.51. The zero-order valence-corrected chi connectivity index (χ0v) is 19.4. The molecule has 1 heterocycles. The lowest BCUT2D eigenvalue weighted by Crippen LogP contribution is -2.54. The zero-order valence-electron chi connectivity index (χ0n) is 17.9. The van der Waals surface area contributed by atoms with Crippen LogP contribution in [0.25, 0.3) is 6.08 Å². The third kappa shape index (κ3) is 5.06. The normalized spacial score (nSPS) is 14.9. The minimum absolute atomic E-state index is 0.169. The zero-order chi connectivity index (χ0) is 24.2. The second-order valence-electron chi connectivity index (χ2n) is 7.25. The maximum Gasteiger partial charge on any atom is 0.335 e. The number of carbonyl (C=O) groups is 3. The van der Waals surface area contributed by atoms with E-state index < -0.39 is 17.8 Å². The van der Waals surface area contributed by atoms with E-state index in [1.54, 1.807) is 66.7 Å². The lowest BCUT2D eigenvalue weighted by atomic mass is 10.1. The first-order chi connectivity index (χ1) is 16.4. The van der Waals surface area contributed by atoms with Crippen molar-refractivity contribution in [2.24, 2.45) is 0 Å². The summed E-state index contributed by atoms with van der Waals surface area (Å²) in [6.07, 6.45) is 1.42. The summed E-state index contributed by atoms with van der Waals surface area (Å²) in [7, 11) is 1.51. The van der Waals surface area contributed by atoms with Crippen LogP contribution in [0.1, 0.15) is 11.1 Å². The summed E-state index contributed by atoms with van der Waals surface area (Å²) in [5, 5.41) is 3.24. The van der Waals surface area contributed by atoms with Crippen LogP contribution in [0.15, 0.2) is 72.3 Å². The average molecular weight is 497 g/mol. The van der Waals surface area contributed by atoms with E-state index >= 15 is 0 Å². The van der Waals surface area contributed by atoms with Crippen molar-refractivity contribution >= 4 is 52.8 Å². The second kappa shape index (κ2) is 9.99. The van der Waals surface area contributed by atoms with Crippen LogP contribution in [0.3, 0.4) is 0 Å². The SMILES string of the molecule is COc1ccc(N2C(=O)NC(=O)/C(=C\c3ccc(OCc4ccc(Cl)cc4Cl)cc3)C2=O)cc1. The van der Waals surface area contributed by atoms with Gasteiger partial charge in [-0.2, -0.15) is 0 Å². The van der Waals surface area contributed by atoms with Crippen LogP contribution in [0.2, 0.25) is 10.0 Å². The predicted molar refractivity (Wildman–Crippen MR) is 129 cm³/mol. The van der Waals surface area contributed by atoms with Crippen molar-refractivity contribution in [1.82, 2.24) is 5.32 Å². The molecule has 0 aromatic heterocycles. The fourth-order valence-electron chi connectivity index (χ4n) is 3.25. The van der Waals surface area contributed by atoms with Crippen molar-refractivity contribution in [3.8, 4) is 11.5 Å². The number of hydrogen-bond donors (Lipinski definition) is 1. The molecule has 4 amide bonds. The summed E-state index contributed by atoms with van der Waals surface area (Å²) in [6, 6.07) is 17.5. The molecule has 0 unspecified atom stereocenters. The number of hydrogen-bond acceptors (Lipinski definition) is 5. The molecule has 1 saturated heterocycles. The monoisotopic (exact) mass is 496 g/mol. The van der Waals surface area contributed by atoms with E-state index in [1.807, 2.05) is 0 Å². The lowest BCUT2D eigenvalue weighted by Gasteiger charge is -2.26. The number of methoxy groups -OCH3 is 1. The van der Waals surface area contributed by atoms with Crippen molar-refractivity contribution in [1.29, 1.82) is 0 Å². The summed E-state index contributed by atoms with van der Waals surface area (Å²) < 4.78 is 10.8. The Kier molecular flexibility index (Phi) is 6.86. The number of nitrogens with zero attached hydrogens (tertiary/aromatic N) is 1. The number of nitrogens with one attached hydrogen (secondary N) is 1. The van der Waals surface area contributed by atoms with Crippen molar-refractivity contribution < 1.29 is 23.9 Å². The van der Waals surface area contributed by atoms with Crippen LogP contribution in [-0.2, 0) is 16.2 Å². The summed E-state index contributed by atoms with van der Waals surface area (Å²) >= 11 is 12.1. The molecule has 9 heteroatoms. The van der Waals surface area contributed by atoms with E-state index in [-0.39, 0.29) is 12.2 Å². The number of imide groups is 2. The van der Waals surface area contributed by atoms with Gasteiger partial charge in [-0.15, -0.1) is 0 Å². The molecule has 0 bridgehead atoms. The highest BCUT2D eigenvalue weighted by Crippen LogP contribution is 2.26. The maximum atomic E-state index is 13.0. The van der Waals surface area contributed by atoms with Gasteiger partial charge in [0, 0.05) is 15.6 Å². The smallest absolute Gasteiger partial charge is 0.335 e. The number of benzene rings is 3. The molecule has 34 heavy (non-hydrogen) atoms. The minimum Gasteiger partial charge on any atom is -0.497 e. The number of ether oxygens (including phenoxy) is 2. The van der Waals surface area contributed by atoms with E-state index in [0.717, 1.165) is 10.5 Å². The highest BCUT2D eigenvalue weighted by atomic mass is 35.5. The highest BCUT2D eigenvalue weighted by Gasteiger charge is 2.36. The number of anilines is 1. The first kappa shape index (κ1) is 23.4. The molecule has 1 N–H and O–H groups in total. The first-order valence-electron chi connectivity index (χ1n) is 10.1. The quantitative estimate of drug-likeness (QED) is 0.372. The van der Waals surface area contributed by atoms with Crippen LogP contribution in [0.5, 0.6) is 11.5 Å². The maximum absolute atomic E-state index is 13.0. The molecule has 0 radical (unpaired) electrons. The van der Waals surface area contributed by atoms with E-state index in [0.29, 0.717) is 32.8 Å². The van der Waals surface area contributed by atoms with E-state index in [2.05, 4.69) is 5.32 Å². The molecule has 1 fully saturated rings. The Hall–Kier alpha value is -3.81. The van der Waals surface area contributed by atoms with Crippen LogP contribution in [-0.4, -0.2) is 25.0 Å². The predicted octanol–water partition coefficient (Wildman–Crippen LogP) is 5.25. The Morgan fingerprint density at radius 1 is 0.912 bits per heavy atom. The van der Waals surface area contributed by atoms with Crippen LogP contribution in [0.4, 0.5) is 10.5 Å². The van der Waals surface area contributed by atoms with Crippen LogP contribution < -0.4 is 19.7 Å². The minimum atomic E-state index is -0.818. The largest absolute Gasteiger partial charge is 0.497 e. The molecular formula is C25H18Cl2N2O5. The number of rotatable bonds is 6. The van der Waals surface area contributed by atoms with E-state index in [1.165, 1.54) is 13.2 Å². The molecular weight excluding hydrogens is 479 g/mol. The lowest BCUT2D eigenvalue weighted by molar-refractivity contribution is -0.122. The number of amides is 4. The van der Waals surface area contributed by atoms with Gasteiger partial charge in [-0.3, -0.25) is 14.9 Å². The molecule has 7 nitrogen and oxygen atoms in total. The molecule has 1 aliphatic heterocycles. The summed E-state index contributed by atoms with van der Waals surface area (Å²) in [6.45, 7) is 0.246. The van der Waals surface area contributed by atoms with Gasteiger partial charge in [0.05, 0.1) is 12.8 Å². The number of urea groups is 1. The fraction of sp³-hybridized carbons (Fsp3) is 0.0800. The molecule has 0 atom stereocenters. The van der Waals surface area contributed by atoms with Gasteiger partial charge in [0.15, 0.2) is 0 Å². The first-order valence-corrected chi connectivity index (χ1v) is 10.8. The number of carbonyl (C=O) groups excluding carboxylic acids is 3. The Morgan fingerprint density at radius 3 is 2.24 bits per heavy atom. The van der Waals surface area contributed by atoms with Gasteiger partial charge < -0.3 is 9.47 Å². The average Bonchev–Trinajstić information content (AvgIpc) is 2.82. The van der Waals surface area contributed by atoms with E-state index in [4.69, 9.17) is 32.7 Å². The van der Waals surface area contributed by atoms with E-state index in [9.17, 15) is 14.4 Å². The molecule has 0 aliphatic carbocycles. The van der Waals surface area contributed by atoms with Crippen LogP contribution in [0, 0.1) is 0 Å². The third-order valence-corrected chi connectivity index (χ3v) is 5.62. The standard InChI is InChI=1S/C25H18Cl2N2O5/c1-33-19-10-6-18(7-11-19)29-24(31)21(23(30)28-25(29)32)12-15-2-8-20(9-3-15)34-14-16-4-5-17(26)13-22(16)27/h2-13H,14H2,1H3,(H,28,30,32)/b21-12+. The van der Waals surface area contributed by atoms with Gasteiger partial charge in [-0.25, -0.2) is 9.69 Å². The molecule has 4 rings (SSSR count). The van der Waals surface area contributed by atoms with Crippen molar-refractivity contribution in [2.45, 2.75) is 6.61 Å². The molecule has 0 spiro atoms. The van der Waals surface area contributed by atoms with Gasteiger partial charge in [-0.1, -0.05) is 41.4 Å². The molecule has 3 aromatic rings. The Labute approximate surface area is 205 Å². The number of barbiturate groups is 1. The van der Waals surface area contributed by atoms with Crippen molar-refractivity contribution in [3.05, 3.63) is 93.5 Å². The topological polar surface area (TPSA) is 84.9 Å².